The molecule has 0 saturated carbocycles. The van der Waals surface area contributed by atoms with Gasteiger partial charge in [-0.3, -0.25) is 0 Å². The van der Waals surface area contributed by atoms with Crippen molar-refractivity contribution >= 4 is 39.2 Å². The van der Waals surface area contributed by atoms with Crippen LogP contribution in [-0.4, -0.2) is 77.6 Å². The molecule has 0 bridgehead atoms. The predicted octanol–water partition coefficient (Wildman–Crippen LogP) is 11.5. The van der Waals surface area contributed by atoms with Gasteiger partial charge >= 0.3 is 77.6 Å². The van der Waals surface area contributed by atoms with Gasteiger partial charge in [0.15, 0.2) is 0 Å². The highest BCUT2D eigenvalue weighted by molar-refractivity contribution is 7.64. The van der Waals surface area contributed by atoms with Crippen LogP contribution in [0, 0.1) is 5.92 Å². The first-order valence-electron chi connectivity index (χ1n) is 10.3. The summed E-state index contributed by atoms with van der Waals surface area (Å²) in [4.78, 5) is 0. The summed E-state index contributed by atoms with van der Waals surface area (Å²) < 4.78 is 346. The molecule has 0 aromatic rings. The minimum Gasteiger partial charge on any atom is -0.200 e. The lowest BCUT2D eigenvalue weighted by atomic mass is 9.84. The van der Waals surface area contributed by atoms with Gasteiger partial charge < -0.3 is 0 Å². The van der Waals surface area contributed by atoms with E-state index in [-0.39, 0.29) is 0 Å². The van der Waals surface area contributed by atoms with Crippen LogP contribution in [0.15, 0.2) is 0 Å². The van der Waals surface area contributed by atoms with E-state index in [1.165, 1.54) is 0 Å². The molecule has 0 heterocycles. The van der Waals surface area contributed by atoms with Crippen LogP contribution in [0.3, 0.4) is 0 Å². The second-order valence-corrected chi connectivity index (χ2v) is 18.2. The smallest absolute Gasteiger partial charge is 0.200 e. The Morgan fingerprint density at radius 3 is 0.891 bits per heavy atom. The minimum absolute atomic E-state index is 2.71. The van der Waals surface area contributed by atoms with Crippen LogP contribution in [0.1, 0.15) is 12.8 Å². The lowest BCUT2D eigenvalue weighted by Gasteiger charge is -2.43. The fourth-order valence-corrected chi connectivity index (χ4v) is 5.74. The van der Waals surface area contributed by atoms with E-state index in [0.29, 0.717) is 0 Å². The van der Waals surface area contributed by atoms with Crippen LogP contribution in [0.5, 0.6) is 0 Å². The van der Waals surface area contributed by atoms with Crippen molar-refractivity contribution in [3.8, 4) is 0 Å². The van der Waals surface area contributed by atoms with Crippen LogP contribution in [0.25, 0.3) is 0 Å². The molecule has 46 heavy (non-hydrogen) atoms. The zero-order valence-electron chi connectivity index (χ0n) is 20.2. The summed E-state index contributed by atoms with van der Waals surface area (Å²) in [7, 11) is 0. The Morgan fingerprint density at radius 1 is 0.370 bits per heavy atom. The topological polar surface area (TPSA) is 0 Å². The second-order valence-electron chi connectivity index (χ2n) is 8.97. The van der Waals surface area contributed by atoms with Gasteiger partial charge in [0.2, 0.25) is 0 Å². The van der Waals surface area contributed by atoms with E-state index < -0.39 is 102 Å². The second kappa shape index (κ2) is 12.0. The lowest BCUT2D eigenvalue weighted by molar-refractivity contribution is -0.444. The minimum atomic E-state index is -8.65. The Kier molecular flexibility index (Phi) is 11.8. The number of rotatable bonds is 14. The molecule has 0 saturated heterocycles. The van der Waals surface area contributed by atoms with Crippen LogP contribution in [0.2, 0.25) is 6.04 Å². The van der Waals surface area contributed by atoms with E-state index in [1.54, 1.807) is 0 Å². The van der Waals surface area contributed by atoms with Crippen LogP contribution < -0.4 is 0 Å². The summed E-state index contributed by atoms with van der Waals surface area (Å²) in [6.45, 7) is 0. The molecule has 0 aromatic heterocycles. The van der Waals surface area contributed by atoms with E-state index in [0.717, 1.165) is 0 Å². The maximum absolute atomic E-state index is 14.5. The SMILES string of the molecule is FC(F)(F)C(F)(F)C(F)(F)C(F)(F)C(F)(F)C(F)(F)CCC(C[Si](Cl)(Cl)Cl)C(F)(F)C(F)(F)C(F)(F)C(F)(F)C(F)(F)C(F)(F)F. The number of alkyl halides is 26. The molecule has 0 aliphatic carbocycles. The van der Waals surface area contributed by atoms with Crippen molar-refractivity contribution in [2.45, 2.75) is 90.5 Å². The van der Waals surface area contributed by atoms with E-state index >= 15 is 0 Å². The Morgan fingerprint density at radius 2 is 0.630 bits per heavy atom. The van der Waals surface area contributed by atoms with Crippen molar-refractivity contribution in [1.29, 1.82) is 0 Å². The van der Waals surface area contributed by atoms with Crippen molar-refractivity contribution in [2.75, 3.05) is 0 Å². The molecular formula is C16H7Cl3F26Si. The monoisotopic (exact) mass is 826 g/mol. The highest BCUT2D eigenvalue weighted by Crippen LogP contribution is 2.64. The van der Waals surface area contributed by atoms with Crippen LogP contribution in [0.4, 0.5) is 114 Å². The average Bonchev–Trinajstić information content (AvgIpc) is 2.78. The maximum Gasteiger partial charge on any atom is 0.460 e. The Bertz CT molecular complexity index is 1070. The zero-order chi connectivity index (χ0) is 38.2. The first-order chi connectivity index (χ1) is 19.3. The van der Waals surface area contributed by atoms with Crippen LogP contribution >= 0.6 is 33.2 Å². The molecule has 30 heteroatoms. The van der Waals surface area contributed by atoms with Crippen molar-refractivity contribution in [2.24, 2.45) is 5.92 Å². The molecular weight excluding hydrogens is 821 g/mol. The quantitative estimate of drug-likeness (QED) is 0.0930. The van der Waals surface area contributed by atoms with Gasteiger partial charge in [0, 0.05) is 12.3 Å². The van der Waals surface area contributed by atoms with Gasteiger partial charge in [-0.1, -0.05) is 0 Å². The molecule has 0 aromatic carbocycles. The first kappa shape index (κ1) is 45.3. The van der Waals surface area contributed by atoms with E-state index in [4.69, 9.17) is 33.2 Å². The summed E-state index contributed by atoms with van der Waals surface area (Å²) in [5, 5.41) is 0. The molecule has 0 rings (SSSR count). The zero-order valence-corrected chi connectivity index (χ0v) is 23.4. The molecule has 0 spiro atoms. The third-order valence-electron chi connectivity index (χ3n) is 5.75. The summed E-state index contributed by atoms with van der Waals surface area (Å²) in [6.07, 6.45) is -23.1. The van der Waals surface area contributed by atoms with E-state index in [2.05, 4.69) is 0 Å². The number of halogens is 29. The fraction of sp³-hybridized carbons (Fsp3) is 1.00. The maximum atomic E-state index is 14.5. The van der Waals surface area contributed by atoms with Gasteiger partial charge in [0.25, 0.3) is 0 Å². The largest absolute Gasteiger partial charge is 0.460 e. The van der Waals surface area contributed by atoms with E-state index in [9.17, 15) is 114 Å². The molecule has 0 radical (unpaired) electrons. The van der Waals surface area contributed by atoms with Crippen molar-refractivity contribution < 1.29 is 114 Å². The average molecular weight is 828 g/mol. The molecule has 1 atom stereocenters. The van der Waals surface area contributed by atoms with Crippen molar-refractivity contribution in [3.05, 3.63) is 0 Å². The highest BCUT2D eigenvalue weighted by Gasteiger charge is 2.92. The van der Waals surface area contributed by atoms with Gasteiger partial charge in [-0.2, -0.15) is 114 Å². The lowest BCUT2D eigenvalue weighted by Crippen LogP contribution is -2.71. The van der Waals surface area contributed by atoms with E-state index in [1.807, 2.05) is 0 Å². The molecule has 0 aliphatic rings. The van der Waals surface area contributed by atoms with Crippen LogP contribution in [-0.2, 0) is 0 Å². The normalized spacial score (nSPS) is 17.4. The van der Waals surface area contributed by atoms with Gasteiger partial charge in [-0.25, -0.2) is 0 Å². The third kappa shape index (κ3) is 6.84. The Labute approximate surface area is 250 Å². The van der Waals surface area contributed by atoms with Gasteiger partial charge in [0.1, 0.15) is 0 Å². The summed E-state index contributed by atoms with van der Waals surface area (Å²) in [6, 6.07) is -8.13. The first-order valence-corrected chi connectivity index (χ1v) is 15.5. The Hall–Kier alpha value is -0.733. The number of hydrogen-bond acceptors (Lipinski definition) is 0. The summed E-state index contributed by atoms with van der Waals surface area (Å²) >= 11 is 14.8. The summed E-state index contributed by atoms with van der Waals surface area (Å²) in [5.74, 6) is -87.3. The van der Waals surface area contributed by atoms with Gasteiger partial charge in [0.05, 0.1) is 0 Å². The molecule has 0 amide bonds. The molecule has 0 fully saturated rings. The fourth-order valence-electron chi connectivity index (χ4n) is 3.04. The molecule has 1 unspecified atom stereocenters. The molecule has 278 valence electrons. The predicted molar refractivity (Wildman–Crippen MR) is 102 cm³/mol. The highest BCUT2D eigenvalue weighted by atomic mass is 35.8. The third-order valence-corrected chi connectivity index (χ3v) is 8.10. The number of hydrogen-bond donors (Lipinski definition) is 0. The molecule has 0 N–H and O–H groups in total. The van der Waals surface area contributed by atoms with Crippen molar-refractivity contribution in [1.82, 2.24) is 0 Å². The molecule has 0 aliphatic heterocycles. The van der Waals surface area contributed by atoms with Gasteiger partial charge in [-0.15, -0.1) is 33.2 Å². The van der Waals surface area contributed by atoms with Gasteiger partial charge in [-0.05, 0) is 12.5 Å². The standard InChI is InChI=1S/C16H7Cl3F26Si/c17-46(18,19)3-4(6(22,23)8(26,27)10(30,31)12(34,35)14(38,39)16(43,44)45)1-2-5(20,21)7(24,25)9(28,29)11(32,33)13(36,37)15(40,41)42/h4H,1-3H2. The van der Waals surface area contributed by atoms with Crippen molar-refractivity contribution in [3.63, 3.8) is 0 Å². The molecule has 0 nitrogen and oxygen atoms in total. The summed E-state index contributed by atoms with van der Waals surface area (Å²) in [5.41, 5.74) is 0. The Balaban J connectivity index is 7.05.